The van der Waals surface area contributed by atoms with Crippen molar-refractivity contribution in [2.24, 2.45) is 0 Å². The second-order valence-electron chi connectivity index (χ2n) is 4.70. The smallest absolute Gasteiger partial charge is 0.231 e. The van der Waals surface area contributed by atoms with Gasteiger partial charge in [-0.2, -0.15) is 0 Å². The van der Waals surface area contributed by atoms with Crippen LogP contribution in [0.15, 0.2) is 36.7 Å². The molecule has 2 aromatic rings. The first-order valence-electron chi connectivity index (χ1n) is 6.02. The summed E-state index contributed by atoms with van der Waals surface area (Å²) in [5, 5.41) is 2.89. The maximum Gasteiger partial charge on any atom is 0.231 e. The Kier molecular flexibility index (Phi) is 2.40. The lowest BCUT2D eigenvalue weighted by atomic mass is 9.96. The first-order valence-corrected chi connectivity index (χ1v) is 6.02. The molecule has 1 unspecified atom stereocenters. The van der Waals surface area contributed by atoms with Gasteiger partial charge >= 0.3 is 0 Å². The monoisotopic (exact) mass is 238 g/mol. The minimum absolute atomic E-state index is 0.0723. The van der Waals surface area contributed by atoms with Crippen LogP contribution >= 0.6 is 0 Å². The van der Waals surface area contributed by atoms with Gasteiger partial charge in [-0.25, -0.2) is 0 Å². The molecule has 0 radical (unpaired) electrons. The quantitative estimate of drug-likeness (QED) is 0.829. The summed E-state index contributed by atoms with van der Waals surface area (Å²) in [6.07, 6.45) is 3.66. The number of amides is 1. The third kappa shape index (κ3) is 1.59. The van der Waals surface area contributed by atoms with Crippen molar-refractivity contribution in [1.82, 2.24) is 4.98 Å². The second kappa shape index (κ2) is 3.95. The minimum Gasteiger partial charge on any atom is -0.325 e. The van der Waals surface area contributed by atoms with Crippen LogP contribution in [-0.4, -0.2) is 10.9 Å². The van der Waals surface area contributed by atoms with Gasteiger partial charge in [-0.3, -0.25) is 9.78 Å². The van der Waals surface area contributed by atoms with Crippen molar-refractivity contribution < 1.29 is 4.79 Å². The molecule has 0 bridgehead atoms. The predicted octanol–water partition coefficient (Wildman–Crippen LogP) is 3.11. The first kappa shape index (κ1) is 11.0. The van der Waals surface area contributed by atoms with E-state index in [9.17, 15) is 4.79 Å². The summed E-state index contributed by atoms with van der Waals surface area (Å²) in [4.78, 5) is 15.8. The fourth-order valence-electron chi connectivity index (χ4n) is 2.35. The van der Waals surface area contributed by atoms with E-state index in [0.29, 0.717) is 0 Å². The summed E-state index contributed by atoms with van der Waals surface area (Å²) in [5.74, 6) is 0.00184. The van der Waals surface area contributed by atoms with Gasteiger partial charge in [0, 0.05) is 23.6 Å². The van der Waals surface area contributed by atoms with Gasteiger partial charge in [0.1, 0.15) is 0 Å². The Balaban J connectivity index is 2.12. The van der Waals surface area contributed by atoms with Crippen LogP contribution in [0, 0.1) is 6.92 Å². The number of nitrogens with one attached hydrogen (secondary N) is 1. The average Bonchev–Trinajstić information content (AvgIpc) is 2.66. The summed E-state index contributed by atoms with van der Waals surface area (Å²) in [6, 6.07) is 8.08. The summed E-state index contributed by atoms with van der Waals surface area (Å²) in [6.45, 7) is 4.00. The van der Waals surface area contributed by atoms with Crippen molar-refractivity contribution in [1.29, 1.82) is 0 Å². The molecule has 1 aromatic carbocycles. The van der Waals surface area contributed by atoms with E-state index in [4.69, 9.17) is 0 Å². The molecule has 1 aliphatic rings. The molecule has 1 atom stereocenters. The predicted molar refractivity (Wildman–Crippen MR) is 71.5 cm³/mol. The number of hydrogen-bond acceptors (Lipinski definition) is 2. The molecule has 3 rings (SSSR count). The van der Waals surface area contributed by atoms with Crippen LogP contribution in [0.25, 0.3) is 11.1 Å². The lowest BCUT2D eigenvalue weighted by molar-refractivity contribution is -0.116. The van der Waals surface area contributed by atoms with Crippen molar-refractivity contribution in [2.45, 2.75) is 19.8 Å². The van der Waals surface area contributed by atoms with E-state index in [-0.39, 0.29) is 11.8 Å². The molecule has 1 aromatic heterocycles. The molecule has 1 aliphatic heterocycles. The summed E-state index contributed by atoms with van der Waals surface area (Å²) in [7, 11) is 0. The maximum atomic E-state index is 11.6. The van der Waals surface area contributed by atoms with Gasteiger partial charge in [0.2, 0.25) is 5.91 Å². The third-order valence-electron chi connectivity index (χ3n) is 3.52. The Hall–Kier alpha value is -2.16. The molecule has 0 fully saturated rings. The number of pyridine rings is 1. The third-order valence-corrected chi connectivity index (χ3v) is 3.52. The molecule has 1 N–H and O–H groups in total. The standard InChI is InChI=1S/C15H14N2O/c1-9-5-6-16-8-13(9)11-3-4-14-12(7-11)10(2)15(18)17-14/h3-8,10H,1-2H3,(H,17,18). The lowest BCUT2D eigenvalue weighted by Gasteiger charge is -2.08. The van der Waals surface area contributed by atoms with Crippen LogP contribution < -0.4 is 5.32 Å². The van der Waals surface area contributed by atoms with Crippen LogP contribution in [0.1, 0.15) is 24.0 Å². The number of aromatic nitrogens is 1. The normalized spacial score (nSPS) is 17.4. The number of benzene rings is 1. The average molecular weight is 238 g/mol. The van der Waals surface area contributed by atoms with Gasteiger partial charge in [0.15, 0.2) is 0 Å². The number of rotatable bonds is 1. The van der Waals surface area contributed by atoms with Gasteiger partial charge in [-0.15, -0.1) is 0 Å². The van der Waals surface area contributed by atoms with Gasteiger partial charge in [-0.05, 0) is 48.7 Å². The van der Waals surface area contributed by atoms with Crippen molar-refractivity contribution >= 4 is 11.6 Å². The Morgan fingerprint density at radius 3 is 2.89 bits per heavy atom. The summed E-state index contributed by atoms with van der Waals surface area (Å²) in [5.41, 5.74) is 5.42. The highest BCUT2D eigenvalue weighted by Crippen LogP contribution is 2.35. The summed E-state index contributed by atoms with van der Waals surface area (Å²) < 4.78 is 0. The Morgan fingerprint density at radius 2 is 2.11 bits per heavy atom. The second-order valence-corrected chi connectivity index (χ2v) is 4.70. The molecular weight excluding hydrogens is 224 g/mol. The zero-order valence-electron chi connectivity index (χ0n) is 10.4. The van der Waals surface area contributed by atoms with Crippen LogP contribution in [0.3, 0.4) is 0 Å². The number of carbonyl (C=O) groups excluding carboxylic acids is 1. The van der Waals surface area contributed by atoms with E-state index in [0.717, 1.165) is 22.4 Å². The van der Waals surface area contributed by atoms with E-state index in [2.05, 4.69) is 23.3 Å². The highest BCUT2D eigenvalue weighted by atomic mass is 16.2. The molecule has 1 amide bonds. The SMILES string of the molecule is Cc1ccncc1-c1ccc2c(c1)C(C)C(=O)N2. The van der Waals surface area contributed by atoms with Crippen LogP contribution in [0.2, 0.25) is 0 Å². The first-order chi connectivity index (χ1) is 8.66. The molecule has 0 saturated carbocycles. The fourth-order valence-corrected chi connectivity index (χ4v) is 2.35. The number of aryl methyl sites for hydroxylation is 1. The highest BCUT2D eigenvalue weighted by molar-refractivity contribution is 6.03. The highest BCUT2D eigenvalue weighted by Gasteiger charge is 2.26. The molecule has 0 aliphatic carbocycles. The van der Waals surface area contributed by atoms with Crippen molar-refractivity contribution in [2.75, 3.05) is 5.32 Å². The molecular formula is C15H14N2O. The topological polar surface area (TPSA) is 42.0 Å². The molecule has 0 spiro atoms. The number of hydrogen-bond donors (Lipinski definition) is 1. The molecule has 3 nitrogen and oxygen atoms in total. The van der Waals surface area contributed by atoms with Gasteiger partial charge in [0.05, 0.1) is 5.92 Å². The largest absolute Gasteiger partial charge is 0.325 e. The number of fused-ring (bicyclic) bond motifs is 1. The van der Waals surface area contributed by atoms with Crippen LogP contribution in [0.5, 0.6) is 0 Å². The molecule has 18 heavy (non-hydrogen) atoms. The van der Waals surface area contributed by atoms with E-state index in [1.807, 2.05) is 31.3 Å². The zero-order chi connectivity index (χ0) is 12.7. The van der Waals surface area contributed by atoms with Crippen LogP contribution in [-0.2, 0) is 4.79 Å². The Labute approximate surface area is 106 Å². The van der Waals surface area contributed by atoms with E-state index in [1.54, 1.807) is 6.20 Å². The van der Waals surface area contributed by atoms with Crippen molar-refractivity contribution in [3.63, 3.8) is 0 Å². The number of nitrogens with zero attached hydrogens (tertiary/aromatic N) is 1. The Bertz CT molecular complexity index is 634. The van der Waals surface area contributed by atoms with E-state index < -0.39 is 0 Å². The molecule has 2 heterocycles. The van der Waals surface area contributed by atoms with Gasteiger partial charge in [-0.1, -0.05) is 6.07 Å². The van der Waals surface area contributed by atoms with Crippen LogP contribution in [0.4, 0.5) is 5.69 Å². The van der Waals surface area contributed by atoms with Gasteiger partial charge in [0.25, 0.3) is 0 Å². The Morgan fingerprint density at radius 1 is 1.28 bits per heavy atom. The lowest BCUT2D eigenvalue weighted by Crippen LogP contribution is -2.08. The molecule has 90 valence electrons. The van der Waals surface area contributed by atoms with Gasteiger partial charge < -0.3 is 5.32 Å². The molecule has 0 saturated heterocycles. The number of carbonyl (C=O) groups is 1. The maximum absolute atomic E-state index is 11.6. The van der Waals surface area contributed by atoms with Crippen molar-refractivity contribution in [3.05, 3.63) is 47.8 Å². The fraction of sp³-hybridized carbons (Fsp3) is 0.200. The van der Waals surface area contributed by atoms with E-state index in [1.165, 1.54) is 5.56 Å². The minimum atomic E-state index is -0.0723. The molecule has 3 heteroatoms. The summed E-state index contributed by atoms with van der Waals surface area (Å²) >= 11 is 0. The van der Waals surface area contributed by atoms with Crippen molar-refractivity contribution in [3.8, 4) is 11.1 Å². The van der Waals surface area contributed by atoms with E-state index >= 15 is 0 Å². The number of anilines is 1. The zero-order valence-corrected chi connectivity index (χ0v) is 10.4.